The SMILES string of the molecule is CCN1CCC[C@H](CCNC(=O)c2ncoc2C(C)C)C1. The standard InChI is InChI=1S/C16H27N3O2/c1-4-19-9-5-6-13(10-19)7-8-17-16(20)14-15(12(2)3)21-11-18-14/h11-13H,4-10H2,1-3H3,(H,17,20)/t13-/m1/s1. The largest absolute Gasteiger partial charge is 0.447 e. The molecule has 0 unspecified atom stereocenters. The minimum absolute atomic E-state index is 0.115. The van der Waals surface area contributed by atoms with E-state index in [4.69, 9.17) is 4.42 Å². The van der Waals surface area contributed by atoms with E-state index < -0.39 is 0 Å². The molecule has 0 saturated carbocycles. The van der Waals surface area contributed by atoms with Gasteiger partial charge in [-0.1, -0.05) is 20.8 Å². The smallest absolute Gasteiger partial charge is 0.273 e. The van der Waals surface area contributed by atoms with Crippen molar-refractivity contribution in [2.24, 2.45) is 5.92 Å². The Morgan fingerprint density at radius 2 is 2.38 bits per heavy atom. The maximum absolute atomic E-state index is 12.1. The van der Waals surface area contributed by atoms with E-state index in [0.29, 0.717) is 23.9 Å². The average molecular weight is 293 g/mol. The van der Waals surface area contributed by atoms with Crippen molar-refractivity contribution in [2.75, 3.05) is 26.2 Å². The molecule has 5 heteroatoms. The number of nitrogens with one attached hydrogen (secondary N) is 1. The van der Waals surface area contributed by atoms with Gasteiger partial charge >= 0.3 is 0 Å². The first-order chi connectivity index (χ1) is 10.1. The molecule has 1 fully saturated rings. The Kier molecular flexibility index (Phi) is 5.79. The number of piperidine rings is 1. The molecule has 1 saturated heterocycles. The molecule has 5 nitrogen and oxygen atoms in total. The average Bonchev–Trinajstić information content (AvgIpc) is 2.97. The first-order valence-corrected chi connectivity index (χ1v) is 8.05. The second-order valence-electron chi connectivity index (χ2n) is 6.17. The Hall–Kier alpha value is -1.36. The predicted octanol–water partition coefficient (Wildman–Crippen LogP) is 2.65. The van der Waals surface area contributed by atoms with Crippen LogP contribution in [0.5, 0.6) is 0 Å². The van der Waals surface area contributed by atoms with Crippen LogP contribution in [0.25, 0.3) is 0 Å². The van der Waals surface area contributed by atoms with Crippen molar-refractivity contribution >= 4 is 5.91 Å². The van der Waals surface area contributed by atoms with E-state index in [-0.39, 0.29) is 11.8 Å². The van der Waals surface area contributed by atoms with Crippen LogP contribution in [0.15, 0.2) is 10.8 Å². The van der Waals surface area contributed by atoms with E-state index in [0.717, 1.165) is 19.5 Å². The molecule has 1 N–H and O–H groups in total. The Morgan fingerprint density at radius 1 is 1.57 bits per heavy atom. The van der Waals surface area contributed by atoms with Crippen LogP contribution in [0.1, 0.15) is 62.2 Å². The number of amides is 1. The van der Waals surface area contributed by atoms with Crippen LogP contribution in [-0.2, 0) is 0 Å². The molecule has 21 heavy (non-hydrogen) atoms. The van der Waals surface area contributed by atoms with Crippen molar-refractivity contribution in [3.05, 3.63) is 17.8 Å². The molecular formula is C16H27N3O2. The van der Waals surface area contributed by atoms with Crippen molar-refractivity contribution in [3.63, 3.8) is 0 Å². The summed E-state index contributed by atoms with van der Waals surface area (Å²) in [6.45, 7) is 10.4. The fourth-order valence-electron chi connectivity index (χ4n) is 2.98. The quantitative estimate of drug-likeness (QED) is 0.876. The van der Waals surface area contributed by atoms with Crippen molar-refractivity contribution in [1.29, 1.82) is 0 Å². The summed E-state index contributed by atoms with van der Waals surface area (Å²) in [6, 6.07) is 0. The summed E-state index contributed by atoms with van der Waals surface area (Å²) >= 11 is 0. The summed E-state index contributed by atoms with van der Waals surface area (Å²) in [4.78, 5) is 18.7. The second-order valence-corrected chi connectivity index (χ2v) is 6.17. The number of carbonyl (C=O) groups is 1. The summed E-state index contributed by atoms with van der Waals surface area (Å²) in [5.74, 6) is 1.42. The number of aromatic nitrogens is 1. The molecular weight excluding hydrogens is 266 g/mol. The molecule has 1 amide bonds. The first kappa shape index (κ1) is 16.0. The van der Waals surface area contributed by atoms with Gasteiger partial charge in [-0.15, -0.1) is 0 Å². The van der Waals surface area contributed by atoms with Crippen LogP contribution >= 0.6 is 0 Å². The highest BCUT2D eigenvalue weighted by Crippen LogP contribution is 2.20. The summed E-state index contributed by atoms with van der Waals surface area (Å²) in [5.41, 5.74) is 0.434. The number of carbonyl (C=O) groups excluding carboxylic acids is 1. The lowest BCUT2D eigenvalue weighted by Gasteiger charge is -2.31. The number of nitrogens with zero attached hydrogens (tertiary/aromatic N) is 2. The minimum Gasteiger partial charge on any atom is -0.447 e. The topological polar surface area (TPSA) is 58.4 Å². The second kappa shape index (κ2) is 7.59. The number of likely N-dealkylation sites (tertiary alicyclic amines) is 1. The molecule has 0 spiro atoms. The molecule has 0 aliphatic carbocycles. The van der Waals surface area contributed by atoms with Gasteiger partial charge in [-0.2, -0.15) is 0 Å². The molecule has 1 aromatic rings. The van der Waals surface area contributed by atoms with E-state index in [1.165, 1.54) is 25.8 Å². The summed E-state index contributed by atoms with van der Waals surface area (Å²) in [5, 5.41) is 2.98. The molecule has 1 aliphatic heterocycles. The zero-order valence-electron chi connectivity index (χ0n) is 13.4. The number of hydrogen-bond donors (Lipinski definition) is 1. The van der Waals surface area contributed by atoms with Gasteiger partial charge in [0.05, 0.1) is 0 Å². The lowest BCUT2D eigenvalue weighted by Crippen LogP contribution is -2.37. The lowest BCUT2D eigenvalue weighted by atomic mass is 9.95. The zero-order valence-corrected chi connectivity index (χ0v) is 13.4. The molecule has 118 valence electrons. The highest BCUT2D eigenvalue weighted by Gasteiger charge is 2.21. The zero-order chi connectivity index (χ0) is 15.2. The Balaban J connectivity index is 1.78. The summed E-state index contributed by atoms with van der Waals surface area (Å²) in [6.07, 6.45) is 4.93. The fourth-order valence-corrected chi connectivity index (χ4v) is 2.98. The molecule has 0 radical (unpaired) electrons. The van der Waals surface area contributed by atoms with Gasteiger partial charge in [0, 0.05) is 19.0 Å². The predicted molar refractivity (Wildman–Crippen MR) is 82.4 cm³/mol. The van der Waals surface area contributed by atoms with Crippen LogP contribution in [0.4, 0.5) is 0 Å². The lowest BCUT2D eigenvalue weighted by molar-refractivity contribution is 0.0940. The Labute approximate surface area is 127 Å². The van der Waals surface area contributed by atoms with Crippen molar-refractivity contribution in [3.8, 4) is 0 Å². The maximum atomic E-state index is 12.1. The van der Waals surface area contributed by atoms with Crippen LogP contribution in [0.2, 0.25) is 0 Å². The highest BCUT2D eigenvalue weighted by molar-refractivity contribution is 5.93. The number of oxazole rings is 1. The third-order valence-electron chi connectivity index (χ3n) is 4.22. The highest BCUT2D eigenvalue weighted by atomic mass is 16.3. The van der Waals surface area contributed by atoms with E-state index >= 15 is 0 Å². The van der Waals surface area contributed by atoms with Crippen molar-refractivity contribution in [2.45, 2.75) is 46.0 Å². The van der Waals surface area contributed by atoms with Gasteiger partial charge in [-0.05, 0) is 38.3 Å². The Morgan fingerprint density at radius 3 is 3.10 bits per heavy atom. The molecule has 1 aromatic heterocycles. The molecule has 2 heterocycles. The van der Waals surface area contributed by atoms with Gasteiger partial charge in [0.1, 0.15) is 5.76 Å². The number of rotatable bonds is 6. The molecule has 2 rings (SSSR count). The van der Waals surface area contributed by atoms with Crippen LogP contribution in [0, 0.1) is 5.92 Å². The van der Waals surface area contributed by atoms with E-state index in [9.17, 15) is 4.79 Å². The van der Waals surface area contributed by atoms with E-state index in [2.05, 4.69) is 22.1 Å². The minimum atomic E-state index is -0.115. The third-order valence-corrected chi connectivity index (χ3v) is 4.22. The first-order valence-electron chi connectivity index (χ1n) is 8.05. The van der Waals surface area contributed by atoms with Crippen LogP contribution in [0.3, 0.4) is 0 Å². The van der Waals surface area contributed by atoms with Gasteiger partial charge in [0.2, 0.25) is 0 Å². The van der Waals surface area contributed by atoms with Crippen LogP contribution < -0.4 is 5.32 Å². The normalized spacial score (nSPS) is 19.9. The Bertz CT molecular complexity index is 456. The van der Waals surface area contributed by atoms with Gasteiger partial charge in [-0.25, -0.2) is 4.98 Å². The van der Waals surface area contributed by atoms with Crippen molar-refractivity contribution in [1.82, 2.24) is 15.2 Å². The molecule has 0 bridgehead atoms. The van der Waals surface area contributed by atoms with E-state index in [1.807, 2.05) is 13.8 Å². The van der Waals surface area contributed by atoms with Gasteiger partial charge in [-0.3, -0.25) is 4.79 Å². The van der Waals surface area contributed by atoms with Gasteiger partial charge < -0.3 is 14.6 Å². The van der Waals surface area contributed by atoms with E-state index in [1.54, 1.807) is 0 Å². The maximum Gasteiger partial charge on any atom is 0.273 e. The molecule has 1 aliphatic rings. The fraction of sp³-hybridized carbons (Fsp3) is 0.750. The number of hydrogen-bond acceptors (Lipinski definition) is 4. The monoisotopic (exact) mass is 293 g/mol. The third kappa shape index (κ3) is 4.30. The van der Waals surface area contributed by atoms with Crippen molar-refractivity contribution < 1.29 is 9.21 Å². The van der Waals surface area contributed by atoms with Gasteiger partial charge in [0.15, 0.2) is 12.1 Å². The summed E-state index contributed by atoms with van der Waals surface area (Å²) in [7, 11) is 0. The van der Waals surface area contributed by atoms with Gasteiger partial charge in [0.25, 0.3) is 5.91 Å². The molecule has 1 atom stereocenters. The summed E-state index contributed by atoms with van der Waals surface area (Å²) < 4.78 is 5.29. The van der Waals surface area contributed by atoms with Crippen LogP contribution in [-0.4, -0.2) is 42.0 Å². The molecule has 0 aromatic carbocycles.